The lowest BCUT2D eigenvalue weighted by Crippen LogP contribution is -2.32. The quantitative estimate of drug-likeness (QED) is 0.636. The molecule has 0 aliphatic heterocycles. The first-order chi connectivity index (χ1) is 12.5. The van der Waals surface area contributed by atoms with Crippen LogP contribution in [-0.2, 0) is 16.4 Å². The average Bonchev–Trinajstić information content (AvgIpc) is 3.17. The molecule has 0 spiro atoms. The summed E-state index contributed by atoms with van der Waals surface area (Å²) in [5, 5.41) is 11.1. The van der Waals surface area contributed by atoms with Crippen molar-refractivity contribution in [1.29, 1.82) is 0 Å². The van der Waals surface area contributed by atoms with Crippen molar-refractivity contribution in [1.82, 2.24) is 24.5 Å². The highest BCUT2D eigenvalue weighted by Gasteiger charge is 2.23. The first-order valence-corrected chi connectivity index (χ1v) is 9.84. The second kappa shape index (κ2) is 7.76. The minimum absolute atomic E-state index is 0.279. The van der Waals surface area contributed by atoms with Gasteiger partial charge in [0, 0.05) is 13.1 Å². The molecule has 0 radical (unpaired) electrons. The van der Waals surface area contributed by atoms with E-state index in [2.05, 4.69) is 15.5 Å². The summed E-state index contributed by atoms with van der Waals surface area (Å²) < 4.78 is 29.0. The van der Waals surface area contributed by atoms with Crippen LogP contribution in [0.2, 0.25) is 0 Å². The van der Waals surface area contributed by atoms with Crippen LogP contribution in [0.3, 0.4) is 0 Å². The number of aromatic nitrogens is 4. The molecule has 7 nitrogen and oxygen atoms in total. The molecule has 0 saturated heterocycles. The molecule has 3 aromatic rings. The molecule has 0 aliphatic rings. The van der Waals surface area contributed by atoms with Gasteiger partial charge in [-0.25, -0.2) is 13.1 Å². The standard InChI is InChI=1S/C18H21N5O2S/c1-3-22(12-11-16-7-5-4-6-8-16)26(24,25)17-9-10-18(15(2)13-17)23-14-19-20-21-23/h4-10,13-14H,3,11-12H2,1-2H3. The maximum atomic E-state index is 13.0. The van der Waals surface area contributed by atoms with E-state index in [9.17, 15) is 8.42 Å². The van der Waals surface area contributed by atoms with Gasteiger partial charge in [0.15, 0.2) is 0 Å². The zero-order chi connectivity index (χ0) is 18.6. The number of rotatable bonds is 7. The van der Waals surface area contributed by atoms with Crippen LogP contribution in [0.15, 0.2) is 59.8 Å². The molecule has 0 amide bonds. The molecule has 0 unspecified atom stereocenters. The summed E-state index contributed by atoms with van der Waals surface area (Å²) in [4.78, 5) is 0.279. The van der Waals surface area contributed by atoms with Crippen LogP contribution >= 0.6 is 0 Å². The van der Waals surface area contributed by atoms with Crippen molar-refractivity contribution in [3.05, 3.63) is 66.0 Å². The van der Waals surface area contributed by atoms with Crippen LogP contribution in [0, 0.1) is 6.92 Å². The molecule has 0 N–H and O–H groups in total. The van der Waals surface area contributed by atoms with Gasteiger partial charge in [0.1, 0.15) is 6.33 Å². The van der Waals surface area contributed by atoms with E-state index in [0.717, 1.165) is 16.8 Å². The highest BCUT2D eigenvalue weighted by atomic mass is 32.2. The van der Waals surface area contributed by atoms with E-state index < -0.39 is 10.0 Å². The molecule has 0 atom stereocenters. The van der Waals surface area contributed by atoms with Gasteiger partial charge in [-0.05, 0) is 53.1 Å². The molecule has 136 valence electrons. The molecule has 1 heterocycles. The van der Waals surface area contributed by atoms with Gasteiger partial charge < -0.3 is 0 Å². The van der Waals surface area contributed by atoms with Crippen molar-refractivity contribution in [2.45, 2.75) is 25.2 Å². The fraction of sp³-hybridized carbons (Fsp3) is 0.278. The topological polar surface area (TPSA) is 81.0 Å². The van der Waals surface area contributed by atoms with Gasteiger partial charge in [0.25, 0.3) is 0 Å². The predicted molar refractivity (Wildman–Crippen MR) is 98.5 cm³/mol. The fourth-order valence-electron chi connectivity index (χ4n) is 2.81. The molecule has 26 heavy (non-hydrogen) atoms. The lowest BCUT2D eigenvalue weighted by Gasteiger charge is -2.21. The Labute approximate surface area is 153 Å². The first-order valence-electron chi connectivity index (χ1n) is 8.40. The van der Waals surface area contributed by atoms with Gasteiger partial charge >= 0.3 is 0 Å². The number of likely N-dealkylation sites (N-methyl/N-ethyl adjacent to an activating group) is 1. The minimum atomic E-state index is -3.56. The van der Waals surface area contributed by atoms with E-state index in [1.54, 1.807) is 18.2 Å². The number of hydrogen-bond donors (Lipinski definition) is 0. The molecule has 2 aromatic carbocycles. The summed E-state index contributed by atoms with van der Waals surface area (Å²) in [6, 6.07) is 14.9. The highest BCUT2D eigenvalue weighted by Crippen LogP contribution is 2.21. The number of hydrogen-bond acceptors (Lipinski definition) is 5. The van der Waals surface area contributed by atoms with E-state index in [0.29, 0.717) is 19.5 Å². The zero-order valence-corrected chi connectivity index (χ0v) is 15.6. The highest BCUT2D eigenvalue weighted by molar-refractivity contribution is 7.89. The van der Waals surface area contributed by atoms with E-state index in [1.165, 1.54) is 15.3 Å². The van der Waals surface area contributed by atoms with Gasteiger partial charge in [-0.15, -0.1) is 5.10 Å². The molecule has 8 heteroatoms. The van der Waals surface area contributed by atoms with Crippen LogP contribution in [0.5, 0.6) is 0 Å². The lowest BCUT2D eigenvalue weighted by atomic mass is 10.1. The molecule has 1 aromatic heterocycles. The van der Waals surface area contributed by atoms with E-state index in [-0.39, 0.29) is 4.90 Å². The van der Waals surface area contributed by atoms with Crippen molar-refractivity contribution in [3.63, 3.8) is 0 Å². The average molecular weight is 371 g/mol. The third-order valence-electron chi connectivity index (χ3n) is 4.25. The molecular weight excluding hydrogens is 350 g/mol. The second-order valence-electron chi connectivity index (χ2n) is 5.93. The van der Waals surface area contributed by atoms with Crippen LogP contribution in [0.1, 0.15) is 18.1 Å². The molecule has 0 saturated carbocycles. The van der Waals surface area contributed by atoms with Gasteiger partial charge in [0.2, 0.25) is 10.0 Å². The second-order valence-corrected chi connectivity index (χ2v) is 7.87. The number of tetrazole rings is 1. The number of benzene rings is 2. The Bertz CT molecular complexity index is 957. The predicted octanol–water partition coefficient (Wildman–Crippen LogP) is 2.22. The molecule has 0 bridgehead atoms. The van der Waals surface area contributed by atoms with Gasteiger partial charge in [-0.3, -0.25) is 0 Å². The molecule has 0 fully saturated rings. The normalized spacial score (nSPS) is 11.8. The summed E-state index contributed by atoms with van der Waals surface area (Å²) in [5.74, 6) is 0. The Morgan fingerprint density at radius 2 is 1.88 bits per heavy atom. The SMILES string of the molecule is CCN(CCc1ccccc1)S(=O)(=O)c1ccc(-n2cnnn2)c(C)c1. The van der Waals surface area contributed by atoms with Crippen molar-refractivity contribution in [2.75, 3.05) is 13.1 Å². The number of aryl methyl sites for hydroxylation is 1. The van der Waals surface area contributed by atoms with E-state index in [1.807, 2.05) is 44.2 Å². The Morgan fingerprint density at radius 3 is 2.50 bits per heavy atom. The Morgan fingerprint density at radius 1 is 1.12 bits per heavy atom. The molecule has 0 aliphatic carbocycles. The maximum Gasteiger partial charge on any atom is 0.243 e. The van der Waals surface area contributed by atoms with E-state index in [4.69, 9.17) is 0 Å². The minimum Gasteiger partial charge on any atom is -0.207 e. The number of sulfonamides is 1. The van der Waals surface area contributed by atoms with Crippen molar-refractivity contribution in [3.8, 4) is 5.69 Å². The van der Waals surface area contributed by atoms with Crippen molar-refractivity contribution in [2.24, 2.45) is 0 Å². The molecule has 3 rings (SSSR count). The summed E-state index contributed by atoms with van der Waals surface area (Å²) in [7, 11) is -3.56. The summed E-state index contributed by atoms with van der Waals surface area (Å²) in [5.41, 5.74) is 2.66. The van der Waals surface area contributed by atoms with Crippen LogP contribution in [-0.4, -0.2) is 46.0 Å². The Balaban J connectivity index is 1.82. The van der Waals surface area contributed by atoms with Gasteiger partial charge in [-0.2, -0.15) is 4.31 Å². The van der Waals surface area contributed by atoms with Gasteiger partial charge in [0.05, 0.1) is 10.6 Å². The summed E-state index contributed by atoms with van der Waals surface area (Å²) >= 11 is 0. The Hall–Kier alpha value is -2.58. The third kappa shape index (κ3) is 3.81. The monoisotopic (exact) mass is 371 g/mol. The smallest absolute Gasteiger partial charge is 0.207 e. The van der Waals surface area contributed by atoms with Crippen molar-refractivity contribution >= 4 is 10.0 Å². The largest absolute Gasteiger partial charge is 0.243 e. The van der Waals surface area contributed by atoms with Gasteiger partial charge in [-0.1, -0.05) is 37.3 Å². The zero-order valence-electron chi connectivity index (χ0n) is 14.8. The maximum absolute atomic E-state index is 13.0. The fourth-order valence-corrected chi connectivity index (χ4v) is 4.35. The number of nitrogens with zero attached hydrogens (tertiary/aromatic N) is 5. The first kappa shape index (κ1) is 18.2. The van der Waals surface area contributed by atoms with Crippen LogP contribution in [0.25, 0.3) is 5.69 Å². The lowest BCUT2D eigenvalue weighted by molar-refractivity contribution is 0.431. The Kier molecular flexibility index (Phi) is 5.43. The van der Waals surface area contributed by atoms with Crippen LogP contribution in [0.4, 0.5) is 0 Å². The van der Waals surface area contributed by atoms with Crippen LogP contribution < -0.4 is 0 Å². The van der Waals surface area contributed by atoms with Crippen molar-refractivity contribution < 1.29 is 8.42 Å². The third-order valence-corrected chi connectivity index (χ3v) is 6.22. The van der Waals surface area contributed by atoms with E-state index >= 15 is 0 Å². The molecular formula is C18H21N5O2S. The summed E-state index contributed by atoms with van der Waals surface area (Å²) in [6.07, 6.45) is 2.16. The summed E-state index contributed by atoms with van der Waals surface area (Å²) in [6.45, 7) is 4.56.